The van der Waals surface area contributed by atoms with Gasteiger partial charge in [-0.2, -0.15) is 0 Å². The van der Waals surface area contributed by atoms with E-state index in [0.717, 1.165) is 16.1 Å². The van der Waals surface area contributed by atoms with Crippen molar-refractivity contribution in [1.29, 1.82) is 0 Å². The molecule has 0 radical (unpaired) electrons. The standard InChI is InChI=1S/C17H13BrN2O2S/c1-9-3-5-12(23-9)8-14-13-7-11(19-16(21)10(2)18)4-6-15(13)20-17(14)22/h3-8H,2H2,1H3,(H,19,21)(H,20,22)/b14-8+. The molecule has 1 aliphatic rings. The highest BCUT2D eigenvalue weighted by Crippen LogP contribution is 2.36. The molecule has 2 N–H and O–H groups in total. The van der Waals surface area contributed by atoms with Gasteiger partial charge in [0, 0.05) is 26.7 Å². The number of hydrogen-bond donors (Lipinski definition) is 2. The summed E-state index contributed by atoms with van der Waals surface area (Å²) in [5, 5.41) is 5.56. The number of aryl methyl sites for hydroxylation is 1. The van der Waals surface area contributed by atoms with Crippen LogP contribution >= 0.6 is 27.3 Å². The molecule has 6 heteroatoms. The minimum atomic E-state index is -0.318. The SMILES string of the molecule is C=C(Br)C(=O)Nc1ccc2c(c1)/C(=C\c1ccc(C)s1)C(=O)N2. The van der Waals surface area contributed by atoms with E-state index >= 15 is 0 Å². The highest BCUT2D eigenvalue weighted by Gasteiger charge is 2.24. The summed E-state index contributed by atoms with van der Waals surface area (Å²) in [7, 11) is 0. The lowest BCUT2D eigenvalue weighted by Gasteiger charge is -2.06. The normalized spacial score (nSPS) is 14.5. The largest absolute Gasteiger partial charge is 0.322 e. The number of anilines is 2. The molecule has 1 aliphatic heterocycles. The topological polar surface area (TPSA) is 58.2 Å². The molecule has 0 spiro atoms. The van der Waals surface area contributed by atoms with Crippen molar-refractivity contribution in [2.75, 3.05) is 10.6 Å². The number of thiophene rings is 1. The predicted molar refractivity (Wildman–Crippen MR) is 98.7 cm³/mol. The van der Waals surface area contributed by atoms with E-state index in [2.05, 4.69) is 33.1 Å². The fraction of sp³-hybridized carbons (Fsp3) is 0.0588. The Balaban J connectivity index is 1.97. The Bertz CT molecular complexity index is 867. The second-order valence-corrected chi connectivity index (χ2v) is 7.36. The molecular weight excluding hydrogens is 376 g/mol. The van der Waals surface area contributed by atoms with E-state index in [-0.39, 0.29) is 16.3 Å². The Labute approximate surface area is 146 Å². The zero-order chi connectivity index (χ0) is 16.6. The number of hydrogen-bond acceptors (Lipinski definition) is 3. The van der Waals surface area contributed by atoms with Crippen molar-refractivity contribution in [2.45, 2.75) is 6.92 Å². The van der Waals surface area contributed by atoms with Gasteiger partial charge in [0.2, 0.25) is 0 Å². The van der Waals surface area contributed by atoms with Gasteiger partial charge in [-0.05, 0) is 59.3 Å². The Morgan fingerprint density at radius 2 is 2.13 bits per heavy atom. The van der Waals surface area contributed by atoms with Crippen molar-refractivity contribution >= 4 is 62.1 Å². The number of benzene rings is 1. The summed E-state index contributed by atoms with van der Waals surface area (Å²) in [5.41, 5.74) is 2.72. The van der Waals surface area contributed by atoms with E-state index in [1.165, 1.54) is 4.88 Å². The van der Waals surface area contributed by atoms with Gasteiger partial charge in [0.1, 0.15) is 0 Å². The summed E-state index contributed by atoms with van der Waals surface area (Å²) in [6, 6.07) is 9.31. The van der Waals surface area contributed by atoms with Crippen molar-refractivity contribution in [3.8, 4) is 0 Å². The molecule has 0 atom stereocenters. The van der Waals surface area contributed by atoms with Crippen LogP contribution in [0.5, 0.6) is 0 Å². The van der Waals surface area contributed by atoms with E-state index in [4.69, 9.17) is 0 Å². The molecule has 0 saturated heterocycles. The molecule has 2 heterocycles. The quantitative estimate of drug-likeness (QED) is 0.765. The van der Waals surface area contributed by atoms with Gasteiger partial charge >= 0.3 is 0 Å². The fourth-order valence-corrected chi connectivity index (χ4v) is 3.20. The number of carbonyl (C=O) groups is 2. The molecule has 4 nitrogen and oxygen atoms in total. The van der Waals surface area contributed by atoms with Crippen LogP contribution in [0.3, 0.4) is 0 Å². The first-order chi connectivity index (χ1) is 10.9. The van der Waals surface area contributed by atoms with Crippen molar-refractivity contribution in [3.63, 3.8) is 0 Å². The maximum Gasteiger partial charge on any atom is 0.262 e. The predicted octanol–water partition coefficient (Wildman–Crippen LogP) is 4.40. The molecule has 1 aromatic carbocycles. The Hall–Kier alpha value is -2.18. The number of carbonyl (C=O) groups excluding carboxylic acids is 2. The summed E-state index contributed by atoms with van der Waals surface area (Å²) in [5.74, 6) is -0.457. The first-order valence-electron chi connectivity index (χ1n) is 6.84. The summed E-state index contributed by atoms with van der Waals surface area (Å²) in [6.45, 7) is 5.56. The zero-order valence-corrected chi connectivity index (χ0v) is 14.7. The Kier molecular flexibility index (Phi) is 4.19. The highest BCUT2D eigenvalue weighted by atomic mass is 79.9. The van der Waals surface area contributed by atoms with Gasteiger partial charge in [-0.15, -0.1) is 11.3 Å². The second kappa shape index (κ2) is 6.14. The molecule has 0 saturated carbocycles. The van der Waals surface area contributed by atoms with Gasteiger partial charge in [0.05, 0.1) is 10.1 Å². The molecule has 0 unspecified atom stereocenters. The van der Waals surface area contributed by atoms with Crippen molar-refractivity contribution in [2.24, 2.45) is 0 Å². The van der Waals surface area contributed by atoms with Crippen molar-refractivity contribution < 1.29 is 9.59 Å². The van der Waals surface area contributed by atoms with E-state index in [0.29, 0.717) is 11.3 Å². The first-order valence-corrected chi connectivity index (χ1v) is 8.44. The molecule has 3 rings (SSSR count). The van der Waals surface area contributed by atoms with Crippen molar-refractivity contribution in [1.82, 2.24) is 0 Å². The molecule has 116 valence electrons. The fourth-order valence-electron chi connectivity index (χ4n) is 2.28. The van der Waals surface area contributed by atoms with Crippen LogP contribution in [-0.4, -0.2) is 11.8 Å². The van der Waals surface area contributed by atoms with E-state index in [1.807, 2.05) is 25.1 Å². The van der Waals surface area contributed by atoms with Crippen LogP contribution in [0.4, 0.5) is 11.4 Å². The maximum atomic E-state index is 12.2. The van der Waals surface area contributed by atoms with Gasteiger partial charge in [-0.3, -0.25) is 9.59 Å². The first kappa shape index (κ1) is 15.7. The lowest BCUT2D eigenvalue weighted by Crippen LogP contribution is -2.10. The molecular formula is C17H13BrN2O2S. The second-order valence-electron chi connectivity index (χ2n) is 5.08. The lowest BCUT2D eigenvalue weighted by molar-refractivity contribution is -0.112. The van der Waals surface area contributed by atoms with Gasteiger partial charge in [0.25, 0.3) is 11.8 Å². The number of halogens is 1. The average molecular weight is 389 g/mol. The molecule has 2 amide bonds. The molecule has 0 bridgehead atoms. The number of fused-ring (bicyclic) bond motifs is 1. The monoisotopic (exact) mass is 388 g/mol. The Morgan fingerprint density at radius 3 is 2.78 bits per heavy atom. The number of rotatable bonds is 3. The minimum absolute atomic E-state index is 0.139. The zero-order valence-electron chi connectivity index (χ0n) is 12.3. The lowest BCUT2D eigenvalue weighted by atomic mass is 10.1. The van der Waals surface area contributed by atoms with Crippen LogP contribution in [0.2, 0.25) is 0 Å². The molecule has 1 aromatic heterocycles. The number of amides is 2. The molecule has 2 aromatic rings. The maximum absolute atomic E-state index is 12.2. The molecule has 23 heavy (non-hydrogen) atoms. The smallest absolute Gasteiger partial charge is 0.262 e. The average Bonchev–Trinajstić information content (AvgIpc) is 3.04. The highest BCUT2D eigenvalue weighted by molar-refractivity contribution is 9.12. The van der Waals surface area contributed by atoms with Gasteiger partial charge < -0.3 is 10.6 Å². The van der Waals surface area contributed by atoms with Crippen LogP contribution < -0.4 is 10.6 Å². The van der Waals surface area contributed by atoms with Gasteiger partial charge in [0.15, 0.2) is 0 Å². The number of nitrogens with one attached hydrogen (secondary N) is 2. The van der Waals surface area contributed by atoms with E-state index in [9.17, 15) is 9.59 Å². The summed E-state index contributed by atoms with van der Waals surface area (Å²) < 4.78 is 0.247. The third-order valence-electron chi connectivity index (χ3n) is 3.35. The molecule has 0 aliphatic carbocycles. The van der Waals surface area contributed by atoms with Gasteiger partial charge in [-0.25, -0.2) is 0 Å². The van der Waals surface area contributed by atoms with E-state index in [1.54, 1.807) is 29.5 Å². The summed E-state index contributed by atoms with van der Waals surface area (Å²) >= 11 is 4.67. The molecule has 0 fully saturated rings. The van der Waals surface area contributed by atoms with Crippen LogP contribution in [0.25, 0.3) is 11.6 Å². The third kappa shape index (κ3) is 3.28. The summed E-state index contributed by atoms with van der Waals surface area (Å²) in [4.78, 5) is 26.1. The van der Waals surface area contributed by atoms with Crippen LogP contribution in [0.1, 0.15) is 15.3 Å². The van der Waals surface area contributed by atoms with Crippen LogP contribution in [0.15, 0.2) is 41.4 Å². The van der Waals surface area contributed by atoms with E-state index < -0.39 is 0 Å². The van der Waals surface area contributed by atoms with Crippen LogP contribution in [-0.2, 0) is 9.59 Å². The third-order valence-corrected chi connectivity index (χ3v) is 4.66. The minimum Gasteiger partial charge on any atom is -0.322 e. The Morgan fingerprint density at radius 1 is 1.35 bits per heavy atom. The van der Waals surface area contributed by atoms with Crippen molar-refractivity contribution in [3.05, 3.63) is 56.7 Å². The summed E-state index contributed by atoms with van der Waals surface area (Å²) in [6.07, 6.45) is 1.87. The van der Waals surface area contributed by atoms with Crippen LogP contribution in [0, 0.1) is 6.92 Å². The van der Waals surface area contributed by atoms with Gasteiger partial charge in [-0.1, -0.05) is 6.58 Å².